The molecule has 1 atom stereocenters. The first-order valence-corrected chi connectivity index (χ1v) is 8.75. The second-order valence-electron chi connectivity index (χ2n) is 6.30. The maximum Gasteiger partial charge on any atom is 0.163 e. The third-order valence-electron chi connectivity index (χ3n) is 4.19. The SMILES string of the molecule is CC(=O)c1ccc(OCCCCCCCCCC2CO2)cc1O. The Labute approximate surface area is 138 Å². The van der Waals surface area contributed by atoms with Crippen molar-refractivity contribution in [3.8, 4) is 11.5 Å². The van der Waals surface area contributed by atoms with Gasteiger partial charge in [0.05, 0.1) is 24.9 Å². The topological polar surface area (TPSA) is 59.1 Å². The third kappa shape index (κ3) is 7.04. The van der Waals surface area contributed by atoms with Crippen LogP contribution in [0.4, 0.5) is 0 Å². The maximum atomic E-state index is 11.2. The lowest BCUT2D eigenvalue weighted by Crippen LogP contribution is -1.99. The van der Waals surface area contributed by atoms with E-state index >= 15 is 0 Å². The number of hydrogen-bond donors (Lipinski definition) is 1. The van der Waals surface area contributed by atoms with E-state index in [1.165, 1.54) is 57.9 Å². The monoisotopic (exact) mass is 320 g/mol. The molecular formula is C19H28O4. The Balaban J connectivity index is 1.46. The molecule has 0 radical (unpaired) electrons. The Hall–Kier alpha value is -1.55. The smallest absolute Gasteiger partial charge is 0.163 e. The summed E-state index contributed by atoms with van der Waals surface area (Å²) in [6, 6.07) is 4.86. The van der Waals surface area contributed by atoms with E-state index in [1.807, 2.05) is 0 Å². The van der Waals surface area contributed by atoms with Gasteiger partial charge in [0.1, 0.15) is 11.5 Å². The van der Waals surface area contributed by atoms with Crippen LogP contribution in [0.15, 0.2) is 18.2 Å². The number of Topliss-reactive ketones (excluding diaryl/α,β-unsaturated/α-hetero) is 1. The summed E-state index contributed by atoms with van der Waals surface area (Å²) in [5.41, 5.74) is 0.339. The van der Waals surface area contributed by atoms with Gasteiger partial charge in [-0.25, -0.2) is 0 Å². The number of unbranched alkanes of at least 4 members (excludes halogenated alkanes) is 6. The van der Waals surface area contributed by atoms with E-state index in [0.29, 0.717) is 24.0 Å². The van der Waals surface area contributed by atoms with Gasteiger partial charge in [0.15, 0.2) is 5.78 Å². The summed E-state index contributed by atoms with van der Waals surface area (Å²) < 4.78 is 10.8. The van der Waals surface area contributed by atoms with Crippen LogP contribution in [0.25, 0.3) is 0 Å². The molecule has 2 rings (SSSR count). The number of rotatable bonds is 12. The molecule has 0 spiro atoms. The van der Waals surface area contributed by atoms with Crippen LogP contribution in [0.3, 0.4) is 0 Å². The molecule has 0 amide bonds. The Morgan fingerprint density at radius 3 is 2.43 bits per heavy atom. The van der Waals surface area contributed by atoms with Crippen LogP contribution in [-0.4, -0.2) is 30.2 Å². The zero-order valence-electron chi connectivity index (χ0n) is 14.1. The predicted molar refractivity (Wildman–Crippen MR) is 90.3 cm³/mol. The molecule has 1 aliphatic heterocycles. The van der Waals surface area contributed by atoms with E-state index in [9.17, 15) is 9.90 Å². The highest BCUT2D eigenvalue weighted by atomic mass is 16.6. The lowest BCUT2D eigenvalue weighted by Gasteiger charge is -2.08. The van der Waals surface area contributed by atoms with Crippen LogP contribution in [0, 0.1) is 0 Å². The van der Waals surface area contributed by atoms with Gasteiger partial charge in [-0.05, 0) is 31.9 Å². The molecule has 1 saturated heterocycles. The van der Waals surface area contributed by atoms with Crippen molar-refractivity contribution >= 4 is 5.78 Å². The van der Waals surface area contributed by atoms with E-state index in [4.69, 9.17) is 9.47 Å². The van der Waals surface area contributed by atoms with Gasteiger partial charge in [-0.1, -0.05) is 38.5 Å². The Kier molecular flexibility index (Phi) is 7.40. The van der Waals surface area contributed by atoms with Crippen molar-refractivity contribution in [1.82, 2.24) is 0 Å². The van der Waals surface area contributed by atoms with Crippen molar-refractivity contribution in [3.63, 3.8) is 0 Å². The number of ether oxygens (including phenoxy) is 2. The highest BCUT2D eigenvalue weighted by Gasteiger charge is 2.20. The molecular weight excluding hydrogens is 292 g/mol. The van der Waals surface area contributed by atoms with Crippen LogP contribution < -0.4 is 4.74 Å². The summed E-state index contributed by atoms with van der Waals surface area (Å²) in [6.07, 6.45) is 10.5. The quantitative estimate of drug-likeness (QED) is 0.350. The Morgan fingerprint density at radius 2 is 1.83 bits per heavy atom. The zero-order chi connectivity index (χ0) is 16.5. The van der Waals surface area contributed by atoms with Crippen molar-refractivity contribution in [2.75, 3.05) is 13.2 Å². The van der Waals surface area contributed by atoms with Crippen molar-refractivity contribution < 1.29 is 19.4 Å². The highest BCUT2D eigenvalue weighted by molar-refractivity contribution is 5.96. The molecule has 1 heterocycles. The van der Waals surface area contributed by atoms with Gasteiger partial charge in [-0.3, -0.25) is 4.79 Å². The standard InChI is InChI=1S/C19H28O4/c1-15(20)18-11-10-16(13-19(18)21)22-12-8-6-4-2-3-5-7-9-17-14-23-17/h10-11,13,17,21H,2-9,12,14H2,1H3. The van der Waals surface area contributed by atoms with Crippen LogP contribution in [-0.2, 0) is 4.74 Å². The first kappa shape index (κ1) is 17.8. The molecule has 0 saturated carbocycles. The molecule has 23 heavy (non-hydrogen) atoms. The van der Waals surface area contributed by atoms with Crippen LogP contribution in [0.2, 0.25) is 0 Å². The van der Waals surface area contributed by atoms with Gasteiger partial charge in [-0.2, -0.15) is 0 Å². The number of benzene rings is 1. The van der Waals surface area contributed by atoms with E-state index in [2.05, 4.69) is 0 Å². The molecule has 0 aromatic heterocycles. The number of phenols is 1. The first-order valence-electron chi connectivity index (χ1n) is 8.75. The first-order chi connectivity index (χ1) is 11.2. The number of phenolic OH excluding ortho intramolecular Hbond substituents is 1. The highest BCUT2D eigenvalue weighted by Crippen LogP contribution is 2.24. The lowest BCUT2D eigenvalue weighted by molar-refractivity contribution is 0.101. The fraction of sp³-hybridized carbons (Fsp3) is 0.632. The Bertz CT molecular complexity index is 494. The molecule has 1 aromatic rings. The van der Waals surface area contributed by atoms with Crippen molar-refractivity contribution in [2.45, 2.75) is 64.4 Å². The summed E-state index contributed by atoms with van der Waals surface area (Å²) >= 11 is 0. The second kappa shape index (κ2) is 9.56. The van der Waals surface area contributed by atoms with Crippen molar-refractivity contribution in [1.29, 1.82) is 0 Å². The minimum atomic E-state index is -0.140. The minimum absolute atomic E-state index is 0.00778. The molecule has 0 aliphatic carbocycles. The van der Waals surface area contributed by atoms with Crippen molar-refractivity contribution in [3.05, 3.63) is 23.8 Å². The number of carbonyl (C=O) groups excluding carboxylic acids is 1. The molecule has 1 fully saturated rings. The van der Waals surface area contributed by atoms with Gasteiger partial charge >= 0.3 is 0 Å². The van der Waals surface area contributed by atoms with Gasteiger partial charge < -0.3 is 14.6 Å². The summed E-state index contributed by atoms with van der Waals surface area (Å²) in [5.74, 6) is 0.472. The predicted octanol–water partition coefficient (Wildman–Crippen LogP) is 4.49. The normalized spacial score (nSPS) is 16.3. The number of epoxide rings is 1. The van der Waals surface area contributed by atoms with Crippen molar-refractivity contribution in [2.24, 2.45) is 0 Å². The number of ketones is 1. The largest absolute Gasteiger partial charge is 0.507 e. The second-order valence-corrected chi connectivity index (χ2v) is 6.30. The van der Waals surface area contributed by atoms with Gasteiger partial charge in [0, 0.05) is 6.07 Å². The fourth-order valence-electron chi connectivity index (χ4n) is 2.68. The van der Waals surface area contributed by atoms with E-state index < -0.39 is 0 Å². The molecule has 4 heteroatoms. The average molecular weight is 320 g/mol. The summed E-state index contributed by atoms with van der Waals surface area (Å²) in [5, 5.41) is 9.73. The summed E-state index contributed by atoms with van der Waals surface area (Å²) in [6.45, 7) is 3.07. The van der Waals surface area contributed by atoms with E-state index in [-0.39, 0.29) is 11.5 Å². The lowest BCUT2D eigenvalue weighted by atomic mass is 10.1. The van der Waals surface area contributed by atoms with E-state index in [0.717, 1.165) is 13.0 Å². The number of carbonyl (C=O) groups is 1. The summed E-state index contributed by atoms with van der Waals surface area (Å²) in [7, 11) is 0. The number of aromatic hydroxyl groups is 1. The zero-order valence-corrected chi connectivity index (χ0v) is 14.1. The van der Waals surface area contributed by atoms with Crippen LogP contribution in [0.1, 0.15) is 68.6 Å². The summed E-state index contributed by atoms with van der Waals surface area (Å²) in [4.78, 5) is 11.2. The molecule has 1 aromatic carbocycles. The molecule has 1 N–H and O–H groups in total. The molecule has 128 valence electrons. The average Bonchev–Trinajstić information content (AvgIpc) is 3.33. The maximum absolute atomic E-state index is 11.2. The van der Waals surface area contributed by atoms with Crippen LogP contribution >= 0.6 is 0 Å². The molecule has 4 nitrogen and oxygen atoms in total. The van der Waals surface area contributed by atoms with E-state index in [1.54, 1.807) is 12.1 Å². The van der Waals surface area contributed by atoms with Gasteiger partial charge in [-0.15, -0.1) is 0 Å². The number of hydrogen-bond acceptors (Lipinski definition) is 4. The minimum Gasteiger partial charge on any atom is -0.507 e. The molecule has 1 aliphatic rings. The molecule has 1 unspecified atom stereocenters. The fourth-order valence-corrected chi connectivity index (χ4v) is 2.68. The van der Waals surface area contributed by atoms with Gasteiger partial charge in [0.2, 0.25) is 0 Å². The van der Waals surface area contributed by atoms with Crippen LogP contribution in [0.5, 0.6) is 11.5 Å². The Morgan fingerprint density at radius 1 is 1.17 bits per heavy atom. The molecule has 0 bridgehead atoms. The third-order valence-corrected chi connectivity index (χ3v) is 4.19. The van der Waals surface area contributed by atoms with Gasteiger partial charge in [0.25, 0.3) is 0 Å².